The molecule has 12 unspecified atom stereocenters. The van der Waals surface area contributed by atoms with Crippen LogP contribution in [0, 0.1) is 87.9 Å². The number of benzene rings is 1. The first-order valence-corrected chi connectivity index (χ1v) is 23.9. The normalized spacial score (nSPS) is 37.4. The zero-order valence-corrected chi connectivity index (χ0v) is 39.7. The van der Waals surface area contributed by atoms with E-state index in [1.807, 2.05) is 6.92 Å². The van der Waals surface area contributed by atoms with Gasteiger partial charge in [-0.3, -0.25) is 0 Å². The predicted molar refractivity (Wildman–Crippen MR) is 210 cm³/mol. The molecule has 4 rings (SSSR count). The number of aliphatic hydroxyl groups is 1. The van der Waals surface area contributed by atoms with E-state index in [0.717, 1.165) is 69.9 Å². The smallest absolute Gasteiger partial charge is 0.117 e. The molecule has 0 saturated heterocycles. The van der Waals surface area contributed by atoms with Crippen LogP contribution in [0.3, 0.4) is 0 Å². The van der Waals surface area contributed by atoms with Gasteiger partial charge in [0, 0.05) is 43.4 Å². The van der Waals surface area contributed by atoms with Crippen molar-refractivity contribution in [1.29, 1.82) is 0 Å². The van der Waals surface area contributed by atoms with Gasteiger partial charge >= 0.3 is 0 Å². The van der Waals surface area contributed by atoms with Gasteiger partial charge in [0.2, 0.25) is 0 Å². The second kappa shape index (κ2) is 20.9. The molecule has 0 aliphatic heterocycles. The van der Waals surface area contributed by atoms with Crippen molar-refractivity contribution in [3.8, 4) is 5.75 Å². The van der Waals surface area contributed by atoms with Crippen LogP contribution in [-0.4, -0.2) is 43.4 Å². The molecule has 4 nitrogen and oxygen atoms in total. The summed E-state index contributed by atoms with van der Waals surface area (Å²) in [6.45, 7) is 38.5. The summed E-state index contributed by atoms with van der Waals surface area (Å²) in [5.41, 5.74) is 4.53. The van der Waals surface area contributed by atoms with Crippen molar-refractivity contribution >= 4 is 21.3 Å². The molecule has 48 heavy (non-hydrogen) atoms. The Morgan fingerprint density at radius 3 is 1.38 bits per heavy atom. The number of rotatable bonds is 4. The SMILES string of the molecule is CC1CC(C)C(O)C([Si](C)(C)C2C(C)C(C)C(C)C2C)C1.Cc1cc(C)c(O)c([Si](C)(C)C2C(C)C(C)C(C)C2C)c1.O.O.[CH3-].[CH3-].[Ti].[Ti]. The number of hydrogen-bond acceptors (Lipinski definition) is 2. The van der Waals surface area contributed by atoms with E-state index in [9.17, 15) is 10.2 Å². The van der Waals surface area contributed by atoms with Crippen molar-refractivity contribution in [1.82, 2.24) is 0 Å². The molecule has 3 fully saturated rings. The van der Waals surface area contributed by atoms with E-state index >= 15 is 0 Å². The van der Waals surface area contributed by atoms with Gasteiger partial charge in [-0.25, -0.2) is 0 Å². The van der Waals surface area contributed by atoms with E-state index in [2.05, 4.69) is 114 Å². The van der Waals surface area contributed by atoms with Gasteiger partial charge in [-0.1, -0.05) is 113 Å². The zero-order valence-electron chi connectivity index (χ0n) is 34.5. The fourth-order valence-corrected chi connectivity index (χ4v) is 22.3. The average molecular weight is 777 g/mol. The molecule has 8 heteroatoms. The van der Waals surface area contributed by atoms with E-state index in [0.29, 0.717) is 17.2 Å². The molecular weight excluding hydrogens is 696 g/mol. The quantitative estimate of drug-likeness (QED) is 0.235. The van der Waals surface area contributed by atoms with E-state index in [-0.39, 0.29) is 75.3 Å². The average Bonchev–Trinajstić information content (AvgIpc) is 3.21. The van der Waals surface area contributed by atoms with E-state index < -0.39 is 16.1 Å². The number of aliphatic hydroxyl groups excluding tert-OH is 1. The van der Waals surface area contributed by atoms with Crippen LogP contribution in [-0.2, 0) is 43.4 Å². The van der Waals surface area contributed by atoms with Gasteiger partial charge in [0.15, 0.2) is 0 Å². The number of aromatic hydroxyl groups is 1. The minimum atomic E-state index is -1.71. The summed E-state index contributed by atoms with van der Waals surface area (Å²) in [5.74, 6) is 8.24. The van der Waals surface area contributed by atoms with Crippen molar-refractivity contribution in [2.75, 3.05) is 0 Å². The molecule has 12 atom stereocenters. The van der Waals surface area contributed by atoms with Crippen molar-refractivity contribution in [3.05, 3.63) is 38.1 Å². The summed E-state index contributed by atoms with van der Waals surface area (Å²) in [4.78, 5) is 0. The van der Waals surface area contributed by atoms with Crippen LogP contribution in [0.4, 0.5) is 0 Å². The maximum Gasteiger partial charge on any atom is 0.117 e. The Kier molecular flexibility index (Phi) is 24.1. The summed E-state index contributed by atoms with van der Waals surface area (Å²) in [6.07, 6.45) is 2.43. The first-order chi connectivity index (χ1) is 19.2. The fourth-order valence-electron chi connectivity index (χ4n) is 11.3. The number of phenolic OH excluding ortho intramolecular Hbond substituents is 1. The molecule has 282 valence electrons. The third-order valence-corrected chi connectivity index (χ3v) is 24.2. The predicted octanol–water partition coefficient (Wildman–Crippen LogP) is 9.52. The van der Waals surface area contributed by atoms with Crippen molar-refractivity contribution in [3.63, 3.8) is 0 Å². The number of hydrogen-bond donors (Lipinski definition) is 2. The third-order valence-electron chi connectivity index (χ3n) is 14.5. The standard InChI is InChI=1S/C19H38OSi.C19H32OSi.2CH3.2H2O.2Ti/c2*1-11-9-12(2)18(20)17(10-11)21(7,8)19-15(5)13(3)14(4)16(19)6;;;;;;/h11-20H,9-10H2,1-8H3;9-10,13-16,19-20H,1-8H3;2*1H3;2*1H2;;/q;;2*-1;;;;. The van der Waals surface area contributed by atoms with Crippen molar-refractivity contribution < 1.29 is 64.6 Å². The van der Waals surface area contributed by atoms with Crippen LogP contribution in [0.5, 0.6) is 5.75 Å². The van der Waals surface area contributed by atoms with Crippen LogP contribution in [0.2, 0.25) is 42.8 Å². The van der Waals surface area contributed by atoms with Gasteiger partial charge in [0.05, 0.1) is 22.3 Å². The van der Waals surface area contributed by atoms with E-state index in [1.54, 1.807) is 0 Å². The first kappa shape index (κ1) is 55.5. The monoisotopic (exact) mass is 776 g/mol. The summed E-state index contributed by atoms with van der Waals surface area (Å²) >= 11 is 0. The number of phenols is 1. The maximum atomic E-state index is 10.9. The molecule has 3 aliphatic carbocycles. The van der Waals surface area contributed by atoms with Gasteiger partial charge in [-0.05, 0) is 113 Å². The first-order valence-electron chi connectivity index (χ1n) is 17.7. The Morgan fingerprint density at radius 2 is 0.979 bits per heavy atom. The minimum Gasteiger partial charge on any atom is -0.508 e. The van der Waals surface area contributed by atoms with Crippen molar-refractivity contribution in [2.45, 2.75) is 145 Å². The Morgan fingerprint density at radius 1 is 0.604 bits per heavy atom. The second-order valence-electron chi connectivity index (χ2n) is 17.6. The van der Waals surface area contributed by atoms with Gasteiger partial charge in [0.1, 0.15) is 5.75 Å². The van der Waals surface area contributed by atoms with Crippen LogP contribution >= 0.6 is 0 Å². The number of aryl methyl sites for hydroxylation is 2. The Balaban J connectivity index is -0.000000359. The van der Waals surface area contributed by atoms with Crippen LogP contribution in [0.25, 0.3) is 0 Å². The van der Waals surface area contributed by atoms with Gasteiger partial charge in [-0.2, -0.15) is 0 Å². The Hall–Kier alpha value is 0.762. The molecule has 0 radical (unpaired) electrons. The Labute approximate surface area is 331 Å². The Bertz CT molecular complexity index is 1060. The largest absolute Gasteiger partial charge is 0.508 e. The molecule has 3 saturated carbocycles. The van der Waals surface area contributed by atoms with Crippen LogP contribution in [0.15, 0.2) is 12.1 Å². The summed E-state index contributed by atoms with van der Waals surface area (Å²) in [5, 5.41) is 22.8. The van der Waals surface area contributed by atoms with Crippen LogP contribution < -0.4 is 5.19 Å². The molecule has 3 aliphatic rings. The summed E-state index contributed by atoms with van der Waals surface area (Å²) < 4.78 is 0. The van der Waals surface area contributed by atoms with Gasteiger partial charge in [0.25, 0.3) is 0 Å². The molecule has 0 aromatic heterocycles. The molecule has 0 heterocycles. The molecule has 0 bridgehead atoms. The molecule has 1 aromatic rings. The topological polar surface area (TPSA) is 103 Å². The van der Waals surface area contributed by atoms with Crippen LogP contribution in [0.1, 0.15) is 93.2 Å². The third kappa shape index (κ3) is 10.5. The minimum absolute atomic E-state index is 0. The van der Waals surface area contributed by atoms with Gasteiger partial charge in [-0.15, -0.1) is 0 Å². The molecule has 6 N–H and O–H groups in total. The molecular formula is C40H80O4Si2Ti2-2. The maximum absolute atomic E-state index is 10.9. The molecule has 0 spiro atoms. The molecule has 1 aromatic carbocycles. The van der Waals surface area contributed by atoms with E-state index in [4.69, 9.17) is 0 Å². The van der Waals surface area contributed by atoms with Gasteiger partial charge < -0.3 is 36.0 Å². The second-order valence-corrected chi connectivity index (χ2v) is 27.3. The zero-order chi connectivity index (χ0) is 32.2. The van der Waals surface area contributed by atoms with E-state index in [1.165, 1.54) is 23.6 Å². The summed E-state index contributed by atoms with van der Waals surface area (Å²) in [7, 11) is -3.19. The van der Waals surface area contributed by atoms with Crippen molar-refractivity contribution in [2.24, 2.45) is 59.2 Å². The summed E-state index contributed by atoms with van der Waals surface area (Å²) in [6, 6.07) is 4.34. The molecule has 0 amide bonds. The fraction of sp³-hybridized carbons (Fsp3) is 0.800.